The zero-order valence-corrected chi connectivity index (χ0v) is 11.9. The largest absolute Gasteiger partial charge is 0.382 e. The molecule has 0 bridgehead atoms. The van der Waals surface area contributed by atoms with Crippen LogP contribution in [0.15, 0.2) is 12.1 Å². The molecular formula is C13H13ClF3N3. The van der Waals surface area contributed by atoms with Gasteiger partial charge in [-0.05, 0) is 0 Å². The Labute approximate surface area is 119 Å². The van der Waals surface area contributed by atoms with Crippen LogP contribution in [-0.4, -0.2) is 9.78 Å². The van der Waals surface area contributed by atoms with Crippen molar-refractivity contribution in [3.05, 3.63) is 40.3 Å². The van der Waals surface area contributed by atoms with E-state index in [0.29, 0.717) is 17.8 Å². The Hall–Kier alpha value is -1.69. The van der Waals surface area contributed by atoms with Crippen LogP contribution in [0.25, 0.3) is 5.69 Å². The number of benzene rings is 1. The van der Waals surface area contributed by atoms with E-state index < -0.39 is 22.9 Å². The average molecular weight is 304 g/mol. The van der Waals surface area contributed by atoms with Gasteiger partial charge in [0.25, 0.3) is 0 Å². The number of rotatable bonds is 1. The third-order valence-corrected chi connectivity index (χ3v) is 3.16. The topological polar surface area (TPSA) is 43.8 Å². The standard InChI is InChI=1S/C13H13ClF3N3/c1-13(2,3)11-10(14)12(18)20(19-11)9-5-7(16)6(15)4-8(9)17/h4-5H,18H2,1-3H3. The maximum Gasteiger partial charge on any atom is 0.161 e. The average Bonchev–Trinajstić information content (AvgIpc) is 2.61. The van der Waals surface area contributed by atoms with E-state index in [1.165, 1.54) is 0 Å². The van der Waals surface area contributed by atoms with E-state index in [4.69, 9.17) is 17.3 Å². The zero-order valence-electron chi connectivity index (χ0n) is 11.1. The maximum atomic E-state index is 13.8. The molecule has 2 aromatic rings. The Morgan fingerprint density at radius 2 is 1.65 bits per heavy atom. The first kappa shape index (κ1) is 14.7. The molecule has 0 atom stereocenters. The van der Waals surface area contributed by atoms with Crippen LogP contribution < -0.4 is 5.73 Å². The molecule has 0 unspecified atom stereocenters. The molecule has 0 aliphatic heterocycles. The van der Waals surface area contributed by atoms with Gasteiger partial charge in [-0.1, -0.05) is 32.4 Å². The first-order chi connectivity index (χ1) is 9.12. The molecule has 108 valence electrons. The summed E-state index contributed by atoms with van der Waals surface area (Å²) in [4.78, 5) is 0. The Morgan fingerprint density at radius 3 is 2.15 bits per heavy atom. The quantitative estimate of drug-likeness (QED) is 0.814. The molecule has 0 spiro atoms. The fraction of sp³-hybridized carbons (Fsp3) is 0.308. The van der Waals surface area contributed by atoms with E-state index in [0.717, 1.165) is 4.68 Å². The molecule has 3 nitrogen and oxygen atoms in total. The Morgan fingerprint density at radius 1 is 1.10 bits per heavy atom. The van der Waals surface area contributed by atoms with E-state index in [1.54, 1.807) is 0 Å². The highest BCUT2D eigenvalue weighted by Crippen LogP contribution is 2.34. The number of nitrogens with zero attached hydrogens (tertiary/aromatic N) is 2. The second-order valence-electron chi connectivity index (χ2n) is 5.43. The van der Waals surface area contributed by atoms with Crippen LogP contribution in [0.3, 0.4) is 0 Å². The molecule has 0 fully saturated rings. The van der Waals surface area contributed by atoms with Crippen molar-refractivity contribution in [1.82, 2.24) is 9.78 Å². The minimum atomic E-state index is -1.28. The summed E-state index contributed by atoms with van der Waals surface area (Å²) in [5.41, 5.74) is 5.50. The molecule has 0 amide bonds. The lowest BCUT2D eigenvalue weighted by atomic mass is 9.92. The van der Waals surface area contributed by atoms with Gasteiger partial charge in [0.15, 0.2) is 17.5 Å². The van der Waals surface area contributed by atoms with Crippen LogP contribution >= 0.6 is 11.6 Å². The van der Waals surface area contributed by atoms with Gasteiger partial charge < -0.3 is 5.73 Å². The van der Waals surface area contributed by atoms with Crippen LogP contribution in [-0.2, 0) is 5.41 Å². The minimum absolute atomic E-state index is 0.0264. The van der Waals surface area contributed by atoms with E-state index in [-0.39, 0.29) is 16.5 Å². The molecular weight excluding hydrogens is 291 g/mol. The highest BCUT2D eigenvalue weighted by Gasteiger charge is 2.26. The fourth-order valence-corrected chi connectivity index (χ4v) is 2.15. The molecule has 0 radical (unpaired) electrons. The Balaban J connectivity index is 2.69. The van der Waals surface area contributed by atoms with Gasteiger partial charge in [0.05, 0.1) is 5.69 Å². The molecule has 0 aliphatic rings. The molecule has 1 aromatic heterocycles. The van der Waals surface area contributed by atoms with Crippen LogP contribution in [0.1, 0.15) is 26.5 Å². The number of aromatic nitrogens is 2. The van der Waals surface area contributed by atoms with Crippen molar-refractivity contribution in [3.63, 3.8) is 0 Å². The second-order valence-corrected chi connectivity index (χ2v) is 5.81. The van der Waals surface area contributed by atoms with Crippen molar-refractivity contribution in [2.24, 2.45) is 0 Å². The lowest BCUT2D eigenvalue weighted by molar-refractivity contribution is 0.490. The maximum absolute atomic E-state index is 13.8. The summed E-state index contributed by atoms with van der Waals surface area (Å²) in [6, 6.07) is 1.13. The molecule has 1 aromatic carbocycles. The number of halogens is 4. The van der Waals surface area contributed by atoms with Crippen molar-refractivity contribution in [2.45, 2.75) is 26.2 Å². The van der Waals surface area contributed by atoms with Gasteiger partial charge >= 0.3 is 0 Å². The lowest BCUT2D eigenvalue weighted by Crippen LogP contribution is -2.13. The van der Waals surface area contributed by atoms with Crippen molar-refractivity contribution < 1.29 is 13.2 Å². The number of nitrogens with two attached hydrogens (primary N) is 1. The molecule has 1 heterocycles. The smallest absolute Gasteiger partial charge is 0.161 e. The van der Waals surface area contributed by atoms with E-state index in [1.807, 2.05) is 20.8 Å². The first-order valence-electron chi connectivity index (χ1n) is 5.82. The monoisotopic (exact) mass is 303 g/mol. The van der Waals surface area contributed by atoms with Crippen LogP contribution in [0.4, 0.5) is 19.0 Å². The third kappa shape index (κ3) is 2.35. The van der Waals surface area contributed by atoms with Gasteiger partial charge in [-0.3, -0.25) is 0 Å². The molecule has 20 heavy (non-hydrogen) atoms. The molecule has 7 heteroatoms. The summed E-state index contributed by atoms with van der Waals surface area (Å²) >= 11 is 6.07. The summed E-state index contributed by atoms with van der Waals surface area (Å²) in [5.74, 6) is -3.47. The van der Waals surface area contributed by atoms with Crippen molar-refractivity contribution in [1.29, 1.82) is 0 Å². The first-order valence-corrected chi connectivity index (χ1v) is 6.20. The van der Waals surface area contributed by atoms with Gasteiger partial charge in [0.2, 0.25) is 0 Å². The summed E-state index contributed by atoms with van der Waals surface area (Å²) in [5, 5.41) is 4.28. The number of nitrogen functional groups attached to an aromatic ring is 1. The number of anilines is 1. The van der Waals surface area contributed by atoms with Gasteiger partial charge in [-0.15, -0.1) is 0 Å². The van der Waals surface area contributed by atoms with Crippen molar-refractivity contribution in [2.75, 3.05) is 5.73 Å². The fourth-order valence-electron chi connectivity index (χ4n) is 1.75. The number of hydrogen-bond acceptors (Lipinski definition) is 2. The van der Waals surface area contributed by atoms with Crippen LogP contribution in [0.5, 0.6) is 0 Å². The summed E-state index contributed by atoms with van der Waals surface area (Å²) in [6.07, 6.45) is 0. The molecule has 0 saturated carbocycles. The van der Waals surface area contributed by atoms with E-state index in [2.05, 4.69) is 5.10 Å². The normalized spacial score (nSPS) is 11.9. The van der Waals surface area contributed by atoms with Crippen molar-refractivity contribution >= 4 is 17.4 Å². The molecule has 0 saturated heterocycles. The van der Waals surface area contributed by atoms with E-state index >= 15 is 0 Å². The highest BCUT2D eigenvalue weighted by molar-refractivity contribution is 6.33. The second kappa shape index (κ2) is 4.70. The third-order valence-electron chi connectivity index (χ3n) is 2.79. The minimum Gasteiger partial charge on any atom is -0.382 e. The Kier molecular flexibility index (Phi) is 3.46. The van der Waals surface area contributed by atoms with Gasteiger partial charge in [0, 0.05) is 17.5 Å². The molecule has 0 aliphatic carbocycles. The molecule has 2 N–H and O–H groups in total. The summed E-state index contributed by atoms with van der Waals surface area (Å²) in [6.45, 7) is 5.56. The zero-order chi connectivity index (χ0) is 15.2. The highest BCUT2D eigenvalue weighted by atomic mass is 35.5. The summed E-state index contributed by atoms with van der Waals surface area (Å²) < 4.78 is 40.9. The SMILES string of the molecule is CC(C)(C)c1nn(-c2cc(F)c(F)cc2F)c(N)c1Cl. The van der Waals surface area contributed by atoms with Gasteiger partial charge in [-0.2, -0.15) is 5.10 Å². The predicted molar refractivity (Wildman–Crippen MR) is 71.6 cm³/mol. The van der Waals surface area contributed by atoms with E-state index in [9.17, 15) is 13.2 Å². The predicted octanol–water partition coefficient (Wildman–Crippen LogP) is 3.82. The van der Waals surface area contributed by atoms with Crippen LogP contribution in [0.2, 0.25) is 5.02 Å². The Bertz CT molecular complexity index is 674. The summed E-state index contributed by atoms with van der Waals surface area (Å²) in [7, 11) is 0. The lowest BCUT2D eigenvalue weighted by Gasteiger charge is -2.15. The van der Waals surface area contributed by atoms with Crippen LogP contribution in [0, 0.1) is 17.5 Å². The van der Waals surface area contributed by atoms with Gasteiger partial charge in [-0.25, -0.2) is 17.9 Å². The number of hydrogen-bond donors (Lipinski definition) is 1. The molecule has 2 rings (SSSR count). The van der Waals surface area contributed by atoms with Gasteiger partial charge in [0.1, 0.15) is 16.5 Å². The van der Waals surface area contributed by atoms with Crippen molar-refractivity contribution in [3.8, 4) is 5.69 Å².